The zero-order valence-corrected chi connectivity index (χ0v) is 48.3. The third-order valence-corrected chi connectivity index (χ3v) is 13.6. The van der Waals surface area contributed by atoms with Gasteiger partial charge in [-0.25, -0.2) is 9.78 Å². The molecule has 0 saturated carbocycles. The van der Waals surface area contributed by atoms with Crippen LogP contribution in [0.15, 0.2) is 72.2 Å². The number of nitrogens with one attached hydrogen (secondary N) is 6. The summed E-state index contributed by atoms with van der Waals surface area (Å²) < 4.78 is 32.3. The second kappa shape index (κ2) is 29.7. The van der Waals surface area contributed by atoms with E-state index >= 15 is 0 Å². The molecular formula is C57H71N13O15. The number of methoxy groups -OCH3 is 1. The van der Waals surface area contributed by atoms with Crippen molar-refractivity contribution in [3.05, 3.63) is 89.9 Å². The molecule has 85 heavy (non-hydrogen) atoms. The number of carbonyl (C=O) groups excluding carboxylic acids is 10. The predicted molar refractivity (Wildman–Crippen MR) is 307 cm³/mol. The number of imide groups is 1. The predicted octanol–water partition coefficient (Wildman–Crippen LogP) is 2.55. The van der Waals surface area contributed by atoms with Gasteiger partial charge >= 0.3 is 5.97 Å². The van der Waals surface area contributed by atoms with Crippen molar-refractivity contribution < 1.29 is 71.6 Å². The monoisotopic (exact) mass is 1180 g/mol. The number of hydrogen-bond donors (Lipinski definition) is 6. The van der Waals surface area contributed by atoms with Gasteiger partial charge in [-0.2, -0.15) is 0 Å². The van der Waals surface area contributed by atoms with Crippen molar-refractivity contribution in [1.82, 2.24) is 44.4 Å². The standard InChI is InChI=1S/C57H71N13O15/c1-34(2)51(65-48(73)14-20-82-22-23-83-21-16-58-46(71)13-17-69-49(74)11-12-50(69)75)57(80)85-19-9-15-59-53(76)41-25-36(31-66(41)4)61-54(77)42-26-37(32-67(42)5)62-55(78)52-64-45(33-68(52)6)63-47(72)10-8-18-84-44-28-40-39(27-43(44)81-7)56(79)70-30-35(3)24-38(70)29-60-40/h11-12,25-29,31-34,38,51H,3,8-10,13-24,30H2,1-2,4-7H3,(H,58,71)(H,59,76)(H,61,77)(H,62,78)(H,63,72)(H,65,73)/t38-,51-/m0/s1. The second-order valence-corrected chi connectivity index (χ2v) is 20.5. The lowest BCUT2D eigenvalue weighted by atomic mass is 10.0. The molecule has 2 atom stereocenters. The molecule has 6 N–H and O–H groups in total. The maximum atomic E-state index is 13.4. The van der Waals surface area contributed by atoms with Gasteiger partial charge in [-0.1, -0.05) is 26.0 Å². The van der Waals surface area contributed by atoms with Gasteiger partial charge in [-0.05, 0) is 43.4 Å². The summed E-state index contributed by atoms with van der Waals surface area (Å²) >= 11 is 0. The first kappa shape index (κ1) is 63.1. The summed E-state index contributed by atoms with van der Waals surface area (Å²) in [6.45, 7) is 9.13. The van der Waals surface area contributed by atoms with Crippen LogP contribution in [-0.4, -0.2) is 179 Å². The zero-order chi connectivity index (χ0) is 61.3. The van der Waals surface area contributed by atoms with E-state index in [4.69, 9.17) is 23.7 Å². The quantitative estimate of drug-likeness (QED) is 0.0183. The van der Waals surface area contributed by atoms with Gasteiger partial charge in [0.05, 0.1) is 75.4 Å². The average molecular weight is 1180 g/mol. The number of esters is 1. The van der Waals surface area contributed by atoms with Crippen molar-refractivity contribution in [1.29, 1.82) is 0 Å². The zero-order valence-electron chi connectivity index (χ0n) is 48.3. The minimum atomic E-state index is -0.919. The minimum absolute atomic E-state index is 0.0103. The Balaban J connectivity index is 0.757. The Hall–Kier alpha value is -9.44. The molecule has 9 amide bonds. The van der Waals surface area contributed by atoms with Gasteiger partial charge in [0.15, 0.2) is 17.3 Å². The number of imidazole rings is 1. The van der Waals surface area contributed by atoms with Crippen LogP contribution in [0.25, 0.3) is 0 Å². The number of aliphatic imine (C=N–C) groups is 1. The molecule has 0 bridgehead atoms. The molecule has 4 aromatic rings. The topological polar surface area (TPSA) is 336 Å². The van der Waals surface area contributed by atoms with Crippen molar-refractivity contribution in [2.24, 2.45) is 32.1 Å². The lowest BCUT2D eigenvalue weighted by molar-refractivity contribution is -0.149. The van der Waals surface area contributed by atoms with Crippen molar-refractivity contribution >= 4 is 88.2 Å². The number of amides is 9. The number of fused-ring (bicyclic) bond motifs is 2. The number of anilines is 3. The third kappa shape index (κ3) is 17.3. The van der Waals surface area contributed by atoms with Gasteiger partial charge in [0, 0.05) is 110 Å². The molecule has 1 fully saturated rings. The summed E-state index contributed by atoms with van der Waals surface area (Å²) in [5.74, 6) is -3.81. The Kier molecular flexibility index (Phi) is 22.1. The third-order valence-electron chi connectivity index (χ3n) is 13.6. The summed E-state index contributed by atoms with van der Waals surface area (Å²) in [7, 11) is 6.32. The molecule has 0 aliphatic carbocycles. The van der Waals surface area contributed by atoms with Crippen LogP contribution in [0.2, 0.25) is 0 Å². The molecule has 0 spiro atoms. The van der Waals surface area contributed by atoms with Crippen LogP contribution in [0.5, 0.6) is 11.5 Å². The summed E-state index contributed by atoms with van der Waals surface area (Å²) in [5, 5.41) is 16.3. The van der Waals surface area contributed by atoms with Crippen LogP contribution in [0.4, 0.5) is 22.9 Å². The van der Waals surface area contributed by atoms with Crippen molar-refractivity contribution in [3.8, 4) is 11.5 Å². The normalized spacial score (nSPS) is 14.6. The molecule has 1 saturated heterocycles. The van der Waals surface area contributed by atoms with Gasteiger partial charge in [-0.15, -0.1) is 0 Å². The highest BCUT2D eigenvalue weighted by Gasteiger charge is 2.35. The second-order valence-electron chi connectivity index (χ2n) is 20.5. The number of carbonyl (C=O) groups is 10. The molecule has 454 valence electrons. The van der Waals surface area contributed by atoms with Crippen molar-refractivity contribution in [2.75, 3.05) is 88.9 Å². The van der Waals surface area contributed by atoms with E-state index in [9.17, 15) is 47.9 Å². The van der Waals surface area contributed by atoms with Crippen LogP contribution in [-0.2, 0) is 64.1 Å². The maximum Gasteiger partial charge on any atom is 0.328 e. The Morgan fingerprint density at radius 1 is 0.694 bits per heavy atom. The number of ether oxygens (including phenoxy) is 5. The van der Waals surface area contributed by atoms with Crippen LogP contribution in [0, 0.1) is 5.92 Å². The first-order chi connectivity index (χ1) is 40.7. The van der Waals surface area contributed by atoms with Gasteiger partial charge in [0.2, 0.25) is 23.5 Å². The Morgan fingerprint density at radius 3 is 2.07 bits per heavy atom. The Morgan fingerprint density at radius 2 is 1.38 bits per heavy atom. The molecule has 28 heteroatoms. The van der Waals surface area contributed by atoms with Gasteiger partial charge in [0.25, 0.3) is 35.4 Å². The van der Waals surface area contributed by atoms with Crippen LogP contribution < -0.4 is 41.4 Å². The smallest absolute Gasteiger partial charge is 0.328 e. The van der Waals surface area contributed by atoms with Crippen molar-refractivity contribution in [3.63, 3.8) is 0 Å². The minimum Gasteiger partial charge on any atom is -0.493 e. The van der Waals surface area contributed by atoms with E-state index in [2.05, 4.69) is 48.5 Å². The molecule has 0 radical (unpaired) electrons. The molecule has 3 aliphatic heterocycles. The van der Waals surface area contributed by atoms with Crippen LogP contribution >= 0.6 is 0 Å². The molecule has 3 aromatic heterocycles. The van der Waals surface area contributed by atoms with E-state index in [1.807, 2.05) is 0 Å². The van der Waals surface area contributed by atoms with Gasteiger partial charge in [-0.3, -0.25) is 53.0 Å². The number of aryl methyl sites for hydroxylation is 3. The van der Waals surface area contributed by atoms with E-state index in [0.29, 0.717) is 47.8 Å². The Labute approximate surface area is 489 Å². The van der Waals surface area contributed by atoms with E-state index in [-0.39, 0.29) is 143 Å². The highest BCUT2D eigenvalue weighted by Crippen LogP contribution is 2.38. The number of rotatable bonds is 31. The summed E-state index contributed by atoms with van der Waals surface area (Å²) in [4.78, 5) is 138. The number of hydrogen-bond acceptors (Lipinski definition) is 17. The maximum absolute atomic E-state index is 13.4. The highest BCUT2D eigenvalue weighted by atomic mass is 16.5. The first-order valence-corrected chi connectivity index (χ1v) is 27.5. The van der Waals surface area contributed by atoms with Gasteiger partial charge in [0.1, 0.15) is 17.4 Å². The Bertz CT molecular complexity index is 3250. The van der Waals surface area contributed by atoms with Gasteiger partial charge < -0.3 is 74.2 Å². The molecule has 7 rings (SSSR count). The molecule has 3 aliphatic rings. The molecule has 6 heterocycles. The van der Waals surface area contributed by atoms with E-state index in [0.717, 1.165) is 22.6 Å². The van der Waals surface area contributed by atoms with E-state index < -0.39 is 47.5 Å². The first-order valence-electron chi connectivity index (χ1n) is 27.5. The molecular weight excluding hydrogens is 1110 g/mol. The fourth-order valence-electron chi connectivity index (χ4n) is 9.14. The number of aromatic nitrogens is 4. The highest BCUT2D eigenvalue weighted by molar-refractivity contribution is 6.13. The molecule has 0 unspecified atom stereocenters. The lowest BCUT2D eigenvalue weighted by Gasteiger charge is -2.21. The fraction of sp³-hybridized carbons (Fsp3) is 0.439. The molecule has 28 nitrogen and oxygen atoms in total. The molecule has 1 aromatic carbocycles. The summed E-state index contributed by atoms with van der Waals surface area (Å²) in [6, 6.07) is 5.15. The SMILES string of the molecule is C=C1C[C@H]2C=Nc3cc(OCCCC(=O)Nc4cn(C)c(C(=O)Nc5cc(C(=O)Nc6cc(C(=O)NCCCOC(=O)[C@@H](NC(=O)CCOCCOCCNC(=O)CCN7C(=O)C=CC7=O)C(C)C)n(C)c6)n(C)c5)n4)c(OC)cc3C(=O)N2C1. The number of benzene rings is 1. The fourth-order valence-corrected chi connectivity index (χ4v) is 9.14. The average Bonchev–Trinajstić information content (AvgIpc) is 3.41. The summed E-state index contributed by atoms with van der Waals surface area (Å²) in [5.41, 5.74) is 2.85. The lowest BCUT2D eigenvalue weighted by Crippen LogP contribution is -2.45. The van der Waals surface area contributed by atoms with Crippen molar-refractivity contribution in [2.45, 2.75) is 64.5 Å². The number of nitrogens with zero attached hydrogens (tertiary/aromatic N) is 7. The summed E-state index contributed by atoms with van der Waals surface area (Å²) in [6.07, 6.45) is 9.91. The largest absolute Gasteiger partial charge is 0.493 e. The van der Waals surface area contributed by atoms with E-state index in [1.165, 1.54) is 39.1 Å². The van der Waals surface area contributed by atoms with Crippen LogP contribution in [0.3, 0.4) is 0 Å². The van der Waals surface area contributed by atoms with Crippen LogP contribution in [0.1, 0.15) is 94.3 Å². The van der Waals surface area contributed by atoms with E-state index in [1.54, 1.807) is 70.6 Å².